The third kappa shape index (κ3) is 2.13. The lowest BCUT2D eigenvalue weighted by Gasteiger charge is -2.19. The van der Waals surface area contributed by atoms with Crippen LogP contribution in [0.15, 0.2) is 24.3 Å². The van der Waals surface area contributed by atoms with E-state index in [0.29, 0.717) is 5.82 Å². The molecule has 0 saturated heterocycles. The minimum atomic E-state index is -0.467. The van der Waals surface area contributed by atoms with E-state index >= 15 is 0 Å². The fourth-order valence-corrected chi connectivity index (χ4v) is 2.45. The highest BCUT2D eigenvalue weighted by Crippen LogP contribution is 2.24. The van der Waals surface area contributed by atoms with Crippen molar-refractivity contribution >= 4 is 11.6 Å². The quantitative estimate of drug-likeness (QED) is 0.905. The van der Waals surface area contributed by atoms with Crippen molar-refractivity contribution in [3.63, 3.8) is 0 Å². The molecule has 18 heavy (non-hydrogen) atoms. The minimum absolute atomic E-state index is 0.467. The summed E-state index contributed by atoms with van der Waals surface area (Å²) in [6.07, 6.45) is 2.00. The Morgan fingerprint density at radius 2 is 2.06 bits per heavy atom. The first kappa shape index (κ1) is 11.7. The van der Waals surface area contributed by atoms with Crippen molar-refractivity contribution in [3.8, 4) is 0 Å². The normalized spacial score (nSPS) is 18.7. The predicted octanol–water partition coefficient (Wildman–Crippen LogP) is 2.35. The number of hydrogen-bond donors (Lipinski definition) is 1. The molecule has 2 aromatic rings. The Balaban J connectivity index is 1.87. The fourth-order valence-electron chi connectivity index (χ4n) is 2.33. The standard InChI is InChI=1S/C13H14ClN3O/c14-10-5-3-9(4-6-10)8-12-15-16-13-11(18)2-1-7-17(12)13/h3-6,11,18H,1-2,7-8H2. The highest BCUT2D eigenvalue weighted by Gasteiger charge is 2.23. The van der Waals surface area contributed by atoms with Crippen molar-refractivity contribution in [2.75, 3.05) is 0 Å². The van der Waals surface area contributed by atoms with Crippen LogP contribution in [0.2, 0.25) is 5.02 Å². The summed E-state index contributed by atoms with van der Waals surface area (Å²) in [7, 11) is 0. The Morgan fingerprint density at radius 3 is 2.83 bits per heavy atom. The average Bonchev–Trinajstić information content (AvgIpc) is 2.77. The second-order valence-corrected chi connectivity index (χ2v) is 5.02. The van der Waals surface area contributed by atoms with Gasteiger partial charge in [-0.15, -0.1) is 10.2 Å². The van der Waals surface area contributed by atoms with Crippen LogP contribution in [0.4, 0.5) is 0 Å². The van der Waals surface area contributed by atoms with Gasteiger partial charge in [0.15, 0.2) is 5.82 Å². The molecule has 1 aliphatic rings. The maximum Gasteiger partial charge on any atom is 0.161 e. The van der Waals surface area contributed by atoms with Crippen LogP contribution in [0.25, 0.3) is 0 Å². The zero-order valence-electron chi connectivity index (χ0n) is 9.88. The fraction of sp³-hybridized carbons (Fsp3) is 0.385. The van der Waals surface area contributed by atoms with Crippen LogP contribution < -0.4 is 0 Å². The summed E-state index contributed by atoms with van der Waals surface area (Å²) in [5.41, 5.74) is 1.15. The predicted molar refractivity (Wildman–Crippen MR) is 68.5 cm³/mol. The van der Waals surface area contributed by atoms with Gasteiger partial charge in [0.1, 0.15) is 11.9 Å². The van der Waals surface area contributed by atoms with Crippen LogP contribution in [-0.2, 0) is 13.0 Å². The summed E-state index contributed by atoms with van der Waals surface area (Å²) in [6, 6.07) is 7.73. The van der Waals surface area contributed by atoms with E-state index in [1.54, 1.807) is 0 Å². The molecular weight excluding hydrogens is 250 g/mol. The molecule has 4 nitrogen and oxygen atoms in total. The summed E-state index contributed by atoms with van der Waals surface area (Å²) in [5.74, 6) is 1.61. The smallest absolute Gasteiger partial charge is 0.161 e. The Labute approximate surface area is 110 Å². The molecule has 1 N–H and O–H groups in total. The number of hydrogen-bond acceptors (Lipinski definition) is 3. The lowest BCUT2D eigenvalue weighted by molar-refractivity contribution is 0.133. The number of fused-ring (bicyclic) bond motifs is 1. The first-order valence-corrected chi connectivity index (χ1v) is 6.46. The van der Waals surface area contributed by atoms with Gasteiger partial charge in [0.2, 0.25) is 0 Å². The Hall–Kier alpha value is -1.39. The van der Waals surface area contributed by atoms with Crippen molar-refractivity contribution in [2.24, 2.45) is 0 Å². The van der Waals surface area contributed by atoms with Gasteiger partial charge in [-0.3, -0.25) is 0 Å². The van der Waals surface area contributed by atoms with Gasteiger partial charge in [-0.1, -0.05) is 23.7 Å². The van der Waals surface area contributed by atoms with Crippen LogP contribution in [-0.4, -0.2) is 19.9 Å². The molecule has 0 spiro atoms. The molecule has 0 amide bonds. The molecule has 0 aliphatic carbocycles. The molecule has 1 aromatic heterocycles. The number of rotatable bonds is 2. The molecule has 1 atom stereocenters. The number of aliphatic hydroxyl groups is 1. The van der Waals surface area contributed by atoms with Crippen LogP contribution in [0, 0.1) is 0 Å². The number of aromatic nitrogens is 3. The maximum absolute atomic E-state index is 9.84. The number of halogens is 1. The molecule has 0 radical (unpaired) electrons. The molecule has 1 aliphatic heterocycles. The zero-order chi connectivity index (χ0) is 12.5. The van der Waals surface area contributed by atoms with Gasteiger partial charge in [-0.2, -0.15) is 0 Å². The highest BCUT2D eigenvalue weighted by atomic mass is 35.5. The molecule has 2 heterocycles. The minimum Gasteiger partial charge on any atom is -0.385 e. The highest BCUT2D eigenvalue weighted by molar-refractivity contribution is 6.30. The zero-order valence-corrected chi connectivity index (χ0v) is 10.6. The third-order valence-electron chi connectivity index (χ3n) is 3.29. The lowest BCUT2D eigenvalue weighted by Crippen LogP contribution is -2.17. The Kier molecular flexibility index (Phi) is 3.06. The Morgan fingerprint density at radius 1 is 1.28 bits per heavy atom. The Bertz CT molecular complexity index is 550. The van der Waals surface area contributed by atoms with Gasteiger partial charge in [0, 0.05) is 18.0 Å². The average molecular weight is 264 g/mol. The van der Waals surface area contributed by atoms with Crippen molar-refractivity contribution in [1.29, 1.82) is 0 Å². The van der Waals surface area contributed by atoms with E-state index < -0.39 is 6.10 Å². The molecule has 0 fully saturated rings. The van der Waals surface area contributed by atoms with Gasteiger partial charge < -0.3 is 9.67 Å². The molecule has 0 bridgehead atoms. The summed E-state index contributed by atoms with van der Waals surface area (Å²) in [4.78, 5) is 0. The van der Waals surface area contributed by atoms with E-state index in [2.05, 4.69) is 10.2 Å². The van der Waals surface area contributed by atoms with E-state index in [0.717, 1.165) is 42.2 Å². The molecule has 0 saturated carbocycles. The third-order valence-corrected chi connectivity index (χ3v) is 3.54. The largest absolute Gasteiger partial charge is 0.385 e. The molecule has 94 valence electrons. The van der Waals surface area contributed by atoms with E-state index in [9.17, 15) is 5.11 Å². The van der Waals surface area contributed by atoms with E-state index in [1.165, 1.54) is 0 Å². The van der Waals surface area contributed by atoms with Gasteiger partial charge in [0.25, 0.3) is 0 Å². The SMILES string of the molecule is OC1CCCn2c(Cc3ccc(Cl)cc3)nnc21. The second kappa shape index (κ2) is 4.71. The van der Waals surface area contributed by atoms with E-state index in [4.69, 9.17) is 11.6 Å². The molecule has 3 rings (SSSR count). The van der Waals surface area contributed by atoms with Gasteiger partial charge in [0.05, 0.1) is 0 Å². The summed E-state index contributed by atoms with van der Waals surface area (Å²) in [5, 5.41) is 18.8. The summed E-state index contributed by atoms with van der Waals surface area (Å²) >= 11 is 5.86. The van der Waals surface area contributed by atoms with Crippen molar-refractivity contribution < 1.29 is 5.11 Å². The topological polar surface area (TPSA) is 50.9 Å². The summed E-state index contributed by atoms with van der Waals surface area (Å²) < 4.78 is 2.03. The van der Waals surface area contributed by atoms with Crippen LogP contribution >= 0.6 is 11.6 Å². The summed E-state index contributed by atoms with van der Waals surface area (Å²) in [6.45, 7) is 0.891. The van der Waals surface area contributed by atoms with Crippen LogP contribution in [0.5, 0.6) is 0 Å². The van der Waals surface area contributed by atoms with Gasteiger partial charge in [-0.05, 0) is 30.5 Å². The van der Waals surface area contributed by atoms with Gasteiger partial charge >= 0.3 is 0 Å². The number of aliphatic hydroxyl groups excluding tert-OH is 1. The molecule has 1 unspecified atom stereocenters. The maximum atomic E-state index is 9.84. The monoisotopic (exact) mass is 263 g/mol. The van der Waals surface area contributed by atoms with Crippen molar-refractivity contribution in [3.05, 3.63) is 46.5 Å². The van der Waals surface area contributed by atoms with Crippen molar-refractivity contribution in [1.82, 2.24) is 14.8 Å². The van der Waals surface area contributed by atoms with Gasteiger partial charge in [-0.25, -0.2) is 0 Å². The van der Waals surface area contributed by atoms with E-state index in [1.807, 2.05) is 28.8 Å². The molecular formula is C13H14ClN3O. The first-order chi connectivity index (χ1) is 8.74. The lowest BCUT2D eigenvalue weighted by atomic mass is 10.1. The van der Waals surface area contributed by atoms with E-state index in [-0.39, 0.29) is 0 Å². The van der Waals surface area contributed by atoms with Crippen LogP contribution in [0.1, 0.15) is 36.2 Å². The number of nitrogens with zero attached hydrogens (tertiary/aromatic N) is 3. The first-order valence-electron chi connectivity index (χ1n) is 6.08. The van der Waals surface area contributed by atoms with Crippen LogP contribution in [0.3, 0.4) is 0 Å². The molecule has 1 aromatic carbocycles. The molecule has 5 heteroatoms. The second-order valence-electron chi connectivity index (χ2n) is 4.59. The van der Waals surface area contributed by atoms with Crippen molar-refractivity contribution in [2.45, 2.75) is 31.9 Å². The number of benzene rings is 1.